The molecule has 0 aliphatic carbocycles. The van der Waals surface area contributed by atoms with Crippen LogP contribution in [0, 0.1) is 5.82 Å². The number of nitrogens with zero attached hydrogens (tertiary/aromatic N) is 3. The zero-order valence-electron chi connectivity index (χ0n) is 16.3. The molecule has 2 aromatic heterocycles. The topological polar surface area (TPSA) is 69.0 Å². The Balaban J connectivity index is 1.91. The highest BCUT2D eigenvalue weighted by atomic mass is 19.1. The van der Waals surface area contributed by atoms with Gasteiger partial charge in [0.05, 0.1) is 18.1 Å². The number of methoxy groups -OCH3 is 1. The summed E-state index contributed by atoms with van der Waals surface area (Å²) in [4.78, 5) is 16.8. The maximum Gasteiger partial charge on any atom is 0.241 e. The number of fused-ring (bicyclic) bond motifs is 3. The van der Waals surface area contributed by atoms with Crippen molar-refractivity contribution in [3.63, 3.8) is 0 Å². The molecule has 148 valence electrons. The van der Waals surface area contributed by atoms with Crippen molar-refractivity contribution in [3.05, 3.63) is 54.5 Å². The average Bonchev–Trinajstić information content (AvgIpc) is 3.11. The molecule has 4 rings (SSSR count). The second-order valence-corrected chi connectivity index (χ2v) is 6.77. The second-order valence-electron chi connectivity index (χ2n) is 6.77. The van der Waals surface area contributed by atoms with E-state index in [4.69, 9.17) is 9.84 Å². The molecule has 2 heterocycles. The van der Waals surface area contributed by atoms with Crippen LogP contribution in [0.25, 0.3) is 33.1 Å². The first-order valence-corrected chi connectivity index (χ1v) is 9.46. The normalized spacial score (nSPS) is 11.1. The molecule has 1 amide bonds. The third-order valence-electron chi connectivity index (χ3n) is 4.76. The number of pyridine rings is 1. The minimum atomic E-state index is -0.360. The van der Waals surface area contributed by atoms with Gasteiger partial charge in [-0.15, -0.1) is 0 Å². The lowest BCUT2D eigenvalue weighted by Gasteiger charge is -2.06. The van der Waals surface area contributed by atoms with Gasteiger partial charge in [0.15, 0.2) is 0 Å². The number of halogens is 1. The van der Waals surface area contributed by atoms with E-state index in [1.807, 2.05) is 31.2 Å². The lowest BCUT2D eigenvalue weighted by molar-refractivity contribution is -0.121. The third-order valence-corrected chi connectivity index (χ3v) is 4.76. The zero-order valence-corrected chi connectivity index (χ0v) is 16.3. The molecule has 0 radical (unpaired) electrons. The number of hydrogen-bond donors (Lipinski definition) is 1. The molecule has 0 saturated heterocycles. The predicted molar refractivity (Wildman–Crippen MR) is 110 cm³/mol. The van der Waals surface area contributed by atoms with Crippen molar-refractivity contribution in [3.8, 4) is 17.0 Å². The zero-order chi connectivity index (χ0) is 20.4. The molecule has 4 aromatic rings. The smallest absolute Gasteiger partial charge is 0.241 e. The largest absolute Gasteiger partial charge is 0.497 e. The Kier molecular flexibility index (Phi) is 5.12. The Morgan fingerprint density at radius 1 is 1.17 bits per heavy atom. The Bertz CT molecular complexity index is 1190. The maximum absolute atomic E-state index is 14.0. The van der Waals surface area contributed by atoms with E-state index in [2.05, 4.69) is 10.3 Å². The van der Waals surface area contributed by atoms with Gasteiger partial charge in [0.2, 0.25) is 5.91 Å². The molecule has 7 heteroatoms. The van der Waals surface area contributed by atoms with Crippen LogP contribution in [0.4, 0.5) is 4.39 Å². The monoisotopic (exact) mass is 392 g/mol. The van der Waals surface area contributed by atoms with Gasteiger partial charge < -0.3 is 10.1 Å². The summed E-state index contributed by atoms with van der Waals surface area (Å²) in [5, 5.41) is 8.94. The van der Waals surface area contributed by atoms with Gasteiger partial charge in [-0.3, -0.25) is 14.5 Å². The van der Waals surface area contributed by atoms with Crippen molar-refractivity contribution < 1.29 is 13.9 Å². The van der Waals surface area contributed by atoms with E-state index in [0.717, 1.165) is 23.1 Å². The molecule has 0 spiro atoms. The molecule has 0 bridgehead atoms. The van der Waals surface area contributed by atoms with Gasteiger partial charge in [-0.25, -0.2) is 4.39 Å². The predicted octanol–water partition coefficient (Wildman–Crippen LogP) is 3.93. The van der Waals surface area contributed by atoms with Crippen LogP contribution >= 0.6 is 0 Å². The standard InChI is InChI=1S/C22H21FN4O2/c1-3-10-24-20(28)13-27-22-17-11-15(23)6-9-19(17)25-12-18(22)21(26-27)14-4-7-16(29-2)8-5-14/h4-9,11-12H,3,10,13H2,1-2H3,(H,24,28). The van der Waals surface area contributed by atoms with E-state index in [0.29, 0.717) is 28.7 Å². The molecule has 0 fully saturated rings. The first-order chi connectivity index (χ1) is 14.1. The van der Waals surface area contributed by atoms with Crippen molar-refractivity contribution in [2.75, 3.05) is 13.7 Å². The third kappa shape index (κ3) is 3.63. The Labute approximate surface area is 167 Å². The lowest BCUT2D eigenvalue weighted by atomic mass is 10.1. The Morgan fingerprint density at radius 3 is 2.69 bits per heavy atom. The number of carbonyl (C=O) groups excluding carboxylic acids is 1. The highest BCUT2D eigenvalue weighted by molar-refractivity contribution is 6.08. The summed E-state index contributed by atoms with van der Waals surface area (Å²) in [7, 11) is 1.61. The number of hydrogen-bond acceptors (Lipinski definition) is 4. The highest BCUT2D eigenvalue weighted by Crippen LogP contribution is 2.33. The molecule has 0 unspecified atom stereocenters. The quantitative estimate of drug-likeness (QED) is 0.540. The summed E-state index contributed by atoms with van der Waals surface area (Å²) < 4.78 is 20.8. The fourth-order valence-corrected chi connectivity index (χ4v) is 3.36. The van der Waals surface area contributed by atoms with Crippen molar-refractivity contribution >= 4 is 27.7 Å². The number of aromatic nitrogens is 3. The first-order valence-electron chi connectivity index (χ1n) is 9.46. The van der Waals surface area contributed by atoms with Gasteiger partial charge in [-0.2, -0.15) is 5.10 Å². The van der Waals surface area contributed by atoms with Crippen LogP contribution in [0.3, 0.4) is 0 Å². The second kappa shape index (κ2) is 7.87. The van der Waals surface area contributed by atoms with Crippen LogP contribution < -0.4 is 10.1 Å². The van der Waals surface area contributed by atoms with Crippen LogP contribution in [0.1, 0.15) is 13.3 Å². The number of rotatable bonds is 6. The molecular formula is C22H21FN4O2. The summed E-state index contributed by atoms with van der Waals surface area (Å²) in [5.74, 6) is 0.238. The van der Waals surface area contributed by atoms with Crippen LogP contribution in [-0.4, -0.2) is 34.3 Å². The fraction of sp³-hybridized carbons (Fsp3) is 0.227. The summed E-state index contributed by atoms with van der Waals surface area (Å²) in [6.45, 7) is 2.63. The summed E-state index contributed by atoms with van der Waals surface area (Å²) in [6.07, 6.45) is 2.57. The van der Waals surface area contributed by atoms with Gasteiger partial charge in [-0.05, 0) is 48.9 Å². The summed E-state index contributed by atoms with van der Waals surface area (Å²) in [5.41, 5.74) is 2.88. The van der Waals surface area contributed by atoms with E-state index < -0.39 is 0 Å². The Morgan fingerprint density at radius 2 is 1.97 bits per heavy atom. The van der Waals surface area contributed by atoms with Gasteiger partial charge in [0.25, 0.3) is 0 Å². The molecule has 2 aromatic carbocycles. The molecule has 0 aliphatic heterocycles. The van der Waals surface area contributed by atoms with E-state index in [-0.39, 0.29) is 18.3 Å². The first kappa shape index (κ1) is 18.9. The number of carbonyl (C=O) groups is 1. The molecule has 0 saturated carbocycles. The van der Waals surface area contributed by atoms with Gasteiger partial charge in [-0.1, -0.05) is 6.92 Å². The van der Waals surface area contributed by atoms with Crippen molar-refractivity contribution in [2.45, 2.75) is 19.9 Å². The molecule has 0 aliphatic rings. The van der Waals surface area contributed by atoms with Crippen LogP contribution in [-0.2, 0) is 11.3 Å². The van der Waals surface area contributed by atoms with E-state index in [9.17, 15) is 9.18 Å². The summed E-state index contributed by atoms with van der Waals surface area (Å²) in [6, 6.07) is 11.9. The highest BCUT2D eigenvalue weighted by Gasteiger charge is 2.18. The van der Waals surface area contributed by atoms with Crippen LogP contribution in [0.5, 0.6) is 5.75 Å². The molecule has 6 nitrogen and oxygen atoms in total. The van der Waals surface area contributed by atoms with Crippen molar-refractivity contribution in [2.24, 2.45) is 0 Å². The number of nitrogens with one attached hydrogen (secondary N) is 1. The van der Waals surface area contributed by atoms with Gasteiger partial charge in [0.1, 0.15) is 23.8 Å². The van der Waals surface area contributed by atoms with Gasteiger partial charge in [0, 0.05) is 29.1 Å². The van der Waals surface area contributed by atoms with Crippen molar-refractivity contribution in [1.82, 2.24) is 20.1 Å². The van der Waals surface area contributed by atoms with Crippen LogP contribution in [0.15, 0.2) is 48.7 Å². The number of amides is 1. The van der Waals surface area contributed by atoms with Crippen LogP contribution in [0.2, 0.25) is 0 Å². The molecule has 1 N–H and O–H groups in total. The van der Waals surface area contributed by atoms with Crippen molar-refractivity contribution in [1.29, 1.82) is 0 Å². The maximum atomic E-state index is 14.0. The average molecular weight is 392 g/mol. The molecular weight excluding hydrogens is 371 g/mol. The number of benzene rings is 2. The minimum Gasteiger partial charge on any atom is -0.497 e. The minimum absolute atomic E-state index is 0.0439. The van der Waals surface area contributed by atoms with E-state index in [1.54, 1.807) is 24.1 Å². The van der Waals surface area contributed by atoms with Gasteiger partial charge >= 0.3 is 0 Å². The SMILES string of the molecule is CCCNC(=O)Cn1nc(-c2ccc(OC)cc2)c2cnc3ccc(F)cc3c21. The summed E-state index contributed by atoms with van der Waals surface area (Å²) >= 11 is 0. The molecule has 29 heavy (non-hydrogen) atoms. The van der Waals surface area contributed by atoms with E-state index >= 15 is 0 Å². The lowest BCUT2D eigenvalue weighted by Crippen LogP contribution is -2.28. The van der Waals surface area contributed by atoms with E-state index in [1.165, 1.54) is 12.1 Å². The number of ether oxygens (including phenoxy) is 1. The fourth-order valence-electron chi connectivity index (χ4n) is 3.36. The molecule has 0 atom stereocenters. The Hall–Kier alpha value is -3.48.